The molecule has 0 aliphatic carbocycles. The zero-order chi connectivity index (χ0) is 18.4. The van der Waals surface area contributed by atoms with Crippen LogP contribution in [0.4, 0.5) is 5.69 Å². The van der Waals surface area contributed by atoms with Crippen LogP contribution in [0.2, 0.25) is 0 Å². The monoisotopic (exact) mass is 338 g/mol. The van der Waals surface area contributed by atoms with Gasteiger partial charge in [-0.1, -0.05) is 38.1 Å². The maximum Gasteiger partial charge on any atom is 0.238 e. The van der Waals surface area contributed by atoms with E-state index in [9.17, 15) is 9.59 Å². The second kappa shape index (κ2) is 8.58. The van der Waals surface area contributed by atoms with E-state index in [0.717, 1.165) is 6.54 Å². The van der Waals surface area contributed by atoms with Gasteiger partial charge in [-0.25, -0.2) is 0 Å². The fraction of sp³-hybridized carbons (Fsp3) is 0.333. The minimum atomic E-state index is -0.0723. The number of ketones is 1. The molecule has 0 fully saturated rings. The van der Waals surface area contributed by atoms with Crippen LogP contribution in [0.3, 0.4) is 0 Å². The molecule has 0 aliphatic heterocycles. The lowest BCUT2D eigenvalue weighted by Crippen LogP contribution is -2.29. The van der Waals surface area contributed by atoms with Crippen molar-refractivity contribution in [3.63, 3.8) is 0 Å². The van der Waals surface area contributed by atoms with Crippen LogP contribution in [0, 0.1) is 0 Å². The lowest BCUT2D eigenvalue weighted by Gasteiger charge is -2.17. The summed E-state index contributed by atoms with van der Waals surface area (Å²) in [5, 5.41) is 2.86. The van der Waals surface area contributed by atoms with E-state index in [1.54, 1.807) is 24.3 Å². The van der Waals surface area contributed by atoms with Gasteiger partial charge in [-0.05, 0) is 55.3 Å². The van der Waals surface area contributed by atoms with Crippen molar-refractivity contribution in [1.29, 1.82) is 0 Å². The van der Waals surface area contributed by atoms with Gasteiger partial charge < -0.3 is 5.32 Å². The summed E-state index contributed by atoms with van der Waals surface area (Å²) < 4.78 is 0. The van der Waals surface area contributed by atoms with Gasteiger partial charge in [0, 0.05) is 17.8 Å². The number of carbonyl (C=O) groups excluding carboxylic acids is 2. The zero-order valence-corrected chi connectivity index (χ0v) is 15.4. The third-order valence-electron chi connectivity index (χ3n) is 4.09. The van der Waals surface area contributed by atoms with E-state index in [2.05, 4.69) is 43.4 Å². The van der Waals surface area contributed by atoms with Crippen molar-refractivity contribution >= 4 is 17.4 Å². The molecule has 0 unspecified atom stereocenters. The van der Waals surface area contributed by atoms with E-state index < -0.39 is 0 Å². The number of nitrogens with zero attached hydrogens (tertiary/aromatic N) is 1. The third kappa shape index (κ3) is 5.84. The lowest BCUT2D eigenvalue weighted by molar-refractivity contribution is -0.117. The Morgan fingerprint density at radius 2 is 1.60 bits per heavy atom. The van der Waals surface area contributed by atoms with Crippen molar-refractivity contribution in [1.82, 2.24) is 4.90 Å². The van der Waals surface area contributed by atoms with E-state index in [4.69, 9.17) is 0 Å². The summed E-state index contributed by atoms with van der Waals surface area (Å²) in [7, 11) is 1.93. The Morgan fingerprint density at radius 3 is 2.12 bits per heavy atom. The normalized spacial score (nSPS) is 11.0. The van der Waals surface area contributed by atoms with E-state index in [0.29, 0.717) is 23.7 Å². The largest absolute Gasteiger partial charge is 0.325 e. The Bertz CT molecular complexity index is 719. The van der Waals surface area contributed by atoms with Crippen molar-refractivity contribution in [3.05, 3.63) is 65.2 Å². The summed E-state index contributed by atoms with van der Waals surface area (Å²) >= 11 is 0. The van der Waals surface area contributed by atoms with Crippen LogP contribution >= 0.6 is 0 Å². The molecule has 132 valence electrons. The molecule has 0 heterocycles. The highest BCUT2D eigenvalue weighted by Crippen LogP contribution is 2.15. The van der Waals surface area contributed by atoms with Gasteiger partial charge in [0.25, 0.3) is 0 Å². The Morgan fingerprint density at radius 1 is 1.00 bits per heavy atom. The van der Waals surface area contributed by atoms with Crippen molar-refractivity contribution in [2.45, 2.75) is 33.2 Å². The van der Waals surface area contributed by atoms with Crippen LogP contribution in [0.25, 0.3) is 0 Å². The number of hydrogen-bond acceptors (Lipinski definition) is 3. The molecule has 2 rings (SSSR count). The summed E-state index contributed by atoms with van der Waals surface area (Å²) in [6, 6.07) is 15.5. The first-order valence-electron chi connectivity index (χ1n) is 8.53. The predicted molar refractivity (Wildman–Crippen MR) is 102 cm³/mol. The Labute approximate surface area is 149 Å². The quantitative estimate of drug-likeness (QED) is 0.774. The number of rotatable bonds is 7. The van der Waals surface area contributed by atoms with E-state index in [-0.39, 0.29) is 11.7 Å². The van der Waals surface area contributed by atoms with E-state index >= 15 is 0 Å². The molecule has 0 saturated heterocycles. The molecule has 1 amide bonds. The molecule has 25 heavy (non-hydrogen) atoms. The van der Waals surface area contributed by atoms with Crippen LogP contribution in [-0.4, -0.2) is 30.2 Å². The number of carbonyl (C=O) groups is 2. The number of Topliss-reactive ketones (excluding diaryl/α,β-unsaturated/α-hetero) is 1. The van der Waals surface area contributed by atoms with Crippen LogP contribution in [-0.2, 0) is 11.3 Å². The molecule has 0 aromatic heterocycles. The fourth-order valence-corrected chi connectivity index (χ4v) is 2.61. The molecule has 2 aromatic rings. The zero-order valence-electron chi connectivity index (χ0n) is 15.4. The Kier molecular flexibility index (Phi) is 6.48. The lowest BCUT2D eigenvalue weighted by atomic mass is 10.0. The van der Waals surface area contributed by atoms with Crippen LogP contribution in [0.15, 0.2) is 48.5 Å². The molecule has 0 radical (unpaired) electrons. The molecule has 2 aromatic carbocycles. The number of benzene rings is 2. The van der Waals surface area contributed by atoms with Gasteiger partial charge in [0.1, 0.15) is 0 Å². The van der Waals surface area contributed by atoms with Crippen molar-refractivity contribution in [2.24, 2.45) is 0 Å². The highest BCUT2D eigenvalue weighted by atomic mass is 16.2. The predicted octanol–water partition coefficient (Wildman–Crippen LogP) is 4.08. The average Bonchev–Trinajstić information content (AvgIpc) is 2.55. The molecule has 0 atom stereocenters. The van der Waals surface area contributed by atoms with E-state index in [1.807, 2.05) is 11.9 Å². The summed E-state index contributed by atoms with van der Waals surface area (Å²) in [5.74, 6) is 0.463. The molecule has 0 bridgehead atoms. The van der Waals surface area contributed by atoms with Gasteiger partial charge in [-0.15, -0.1) is 0 Å². The minimum Gasteiger partial charge on any atom is -0.325 e. The maximum absolute atomic E-state index is 12.2. The van der Waals surface area contributed by atoms with Gasteiger partial charge in [-0.3, -0.25) is 14.5 Å². The topological polar surface area (TPSA) is 49.4 Å². The SMILES string of the molecule is CC(=O)c1ccc(NC(=O)CN(C)Cc2ccc(C(C)C)cc2)cc1. The number of likely N-dealkylation sites (N-methyl/N-ethyl adjacent to an activating group) is 1. The number of hydrogen-bond donors (Lipinski definition) is 1. The van der Waals surface area contributed by atoms with Gasteiger partial charge in [0.15, 0.2) is 5.78 Å². The smallest absolute Gasteiger partial charge is 0.238 e. The highest BCUT2D eigenvalue weighted by molar-refractivity contribution is 5.96. The maximum atomic E-state index is 12.2. The van der Waals surface area contributed by atoms with Crippen molar-refractivity contribution in [2.75, 3.05) is 18.9 Å². The molecule has 0 saturated carbocycles. The molecule has 0 aliphatic rings. The molecular formula is C21H26N2O2. The number of nitrogens with one attached hydrogen (secondary N) is 1. The van der Waals surface area contributed by atoms with Crippen molar-refractivity contribution in [3.8, 4) is 0 Å². The third-order valence-corrected chi connectivity index (χ3v) is 4.09. The highest BCUT2D eigenvalue weighted by Gasteiger charge is 2.08. The summed E-state index contributed by atoms with van der Waals surface area (Å²) in [6.07, 6.45) is 0. The van der Waals surface area contributed by atoms with Crippen LogP contribution in [0.1, 0.15) is 48.2 Å². The second-order valence-electron chi connectivity index (χ2n) is 6.75. The second-order valence-corrected chi connectivity index (χ2v) is 6.75. The Balaban J connectivity index is 1.86. The minimum absolute atomic E-state index is 0.0149. The summed E-state index contributed by atoms with van der Waals surface area (Å²) in [5.41, 5.74) is 3.84. The van der Waals surface area contributed by atoms with Crippen molar-refractivity contribution < 1.29 is 9.59 Å². The molecule has 1 N–H and O–H groups in total. The summed E-state index contributed by atoms with van der Waals surface area (Å²) in [6.45, 7) is 6.90. The molecular weight excluding hydrogens is 312 g/mol. The molecule has 4 nitrogen and oxygen atoms in total. The number of amides is 1. The first-order chi connectivity index (χ1) is 11.8. The fourth-order valence-electron chi connectivity index (χ4n) is 2.61. The first-order valence-corrected chi connectivity index (χ1v) is 8.53. The Hall–Kier alpha value is -2.46. The van der Waals surface area contributed by atoms with E-state index in [1.165, 1.54) is 18.1 Å². The van der Waals surface area contributed by atoms with Gasteiger partial charge in [0.2, 0.25) is 5.91 Å². The van der Waals surface area contributed by atoms with Gasteiger partial charge in [-0.2, -0.15) is 0 Å². The van der Waals surface area contributed by atoms with Crippen LogP contribution < -0.4 is 5.32 Å². The molecule has 4 heteroatoms. The molecule has 0 spiro atoms. The first kappa shape index (κ1) is 18.9. The van der Waals surface area contributed by atoms with Gasteiger partial charge in [0.05, 0.1) is 6.54 Å². The summed E-state index contributed by atoms with van der Waals surface area (Å²) in [4.78, 5) is 25.4. The standard InChI is InChI=1S/C21H26N2O2/c1-15(2)18-7-5-17(6-8-18)13-23(4)14-21(25)22-20-11-9-19(10-12-20)16(3)24/h5-12,15H,13-14H2,1-4H3,(H,22,25). The average molecular weight is 338 g/mol. The van der Waals surface area contributed by atoms with Crippen LogP contribution in [0.5, 0.6) is 0 Å². The number of anilines is 1. The van der Waals surface area contributed by atoms with Gasteiger partial charge >= 0.3 is 0 Å².